The molecule has 8 nitrogen and oxygen atoms in total. The normalized spacial score (nSPS) is 10.5. The molecule has 1 aromatic carbocycles. The number of rotatable bonds is 7. The fourth-order valence-corrected chi connectivity index (χ4v) is 2.16. The van der Waals surface area contributed by atoms with Gasteiger partial charge in [0.15, 0.2) is 11.5 Å². The molecule has 0 unspecified atom stereocenters. The van der Waals surface area contributed by atoms with E-state index in [-0.39, 0.29) is 11.6 Å². The number of aryl methyl sites for hydroxylation is 1. The lowest BCUT2D eigenvalue weighted by Crippen LogP contribution is -2.25. The Balaban J connectivity index is 1.53. The number of methoxy groups -OCH3 is 1. The predicted octanol–water partition coefficient (Wildman–Crippen LogP) is 1.76. The highest BCUT2D eigenvalue weighted by molar-refractivity contribution is 5.93. The first-order valence-electron chi connectivity index (χ1n) is 7.50. The summed E-state index contributed by atoms with van der Waals surface area (Å²) in [6.07, 6.45) is 4.15. The van der Waals surface area contributed by atoms with Gasteiger partial charge in [-0.05, 0) is 30.7 Å². The van der Waals surface area contributed by atoms with Crippen LogP contribution in [0.15, 0.2) is 47.2 Å². The molecule has 8 heteroatoms. The van der Waals surface area contributed by atoms with E-state index >= 15 is 0 Å². The van der Waals surface area contributed by atoms with E-state index in [1.807, 2.05) is 24.3 Å². The molecule has 3 aromatic rings. The highest BCUT2D eigenvalue weighted by Crippen LogP contribution is 2.23. The van der Waals surface area contributed by atoms with Crippen LogP contribution in [0.5, 0.6) is 5.75 Å². The second-order valence-electron chi connectivity index (χ2n) is 5.08. The van der Waals surface area contributed by atoms with Crippen LogP contribution in [0.3, 0.4) is 0 Å². The molecule has 0 saturated heterocycles. The number of benzene rings is 1. The molecule has 0 aliphatic heterocycles. The van der Waals surface area contributed by atoms with Gasteiger partial charge in [-0.1, -0.05) is 10.4 Å². The number of nitrogens with one attached hydrogen (secondary N) is 1. The highest BCUT2D eigenvalue weighted by Gasteiger charge is 2.13. The largest absolute Gasteiger partial charge is 0.497 e. The van der Waals surface area contributed by atoms with E-state index < -0.39 is 0 Å². The average Bonchev–Trinajstić information content (AvgIpc) is 3.30. The number of hydrogen-bond donors (Lipinski definition) is 1. The third-order valence-electron chi connectivity index (χ3n) is 3.44. The summed E-state index contributed by atoms with van der Waals surface area (Å²) in [6.45, 7) is 1.21. The van der Waals surface area contributed by atoms with Gasteiger partial charge in [-0.15, -0.1) is 5.10 Å². The lowest BCUT2D eigenvalue weighted by molar-refractivity contribution is 0.0943. The van der Waals surface area contributed by atoms with Gasteiger partial charge in [0, 0.05) is 30.9 Å². The summed E-state index contributed by atoms with van der Waals surface area (Å²) in [5.74, 6) is 1.02. The van der Waals surface area contributed by atoms with Crippen LogP contribution in [0.2, 0.25) is 0 Å². The molecule has 0 saturated carbocycles. The lowest BCUT2D eigenvalue weighted by Gasteiger charge is -2.02. The van der Waals surface area contributed by atoms with Gasteiger partial charge in [0.2, 0.25) is 0 Å². The second-order valence-corrected chi connectivity index (χ2v) is 5.08. The van der Waals surface area contributed by atoms with Crippen LogP contribution in [0.4, 0.5) is 0 Å². The maximum atomic E-state index is 12.1. The van der Waals surface area contributed by atoms with Crippen LogP contribution >= 0.6 is 0 Å². The van der Waals surface area contributed by atoms with Gasteiger partial charge in [-0.3, -0.25) is 9.48 Å². The summed E-state index contributed by atoms with van der Waals surface area (Å²) in [4.78, 5) is 12.1. The quantitative estimate of drug-likeness (QED) is 0.664. The summed E-state index contributed by atoms with van der Waals surface area (Å²) in [5.41, 5.74) is 1.08. The number of carbonyl (C=O) groups excluding carboxylic acids is 1. The Hall–Kier alpha value is -3.16. The topological polar surface area (TPSA) is 95.1 Å². The van der Waals surface area contributed by atoms with E-state index in [9.17, 15) is 4.79 Å². The monoisotopic (exact) mass is 327 g/mol. The number of carbonyl (C=O) groups is 1. The van der Waals surface area contributed by atoms with Crippen molar-refractivity contribution in [3.05, 3.63) is 48.4 Å². The van der Waals surface area contributed by atoms with Crippen LogP contribution < -0.4 is 10.1 Å². The minimum absolute atomic E-state index is 0.251. The number of ether oxygens (including phenoxy) is 1. The number of hydrogen-bond acceptors (Lipinski definition) is 6. The van der Waals surface area contributed by atoms with E-state index in [0.717, 1.165) is 17.7 Å². The van der Waals surface area contributed by atoms with Gasteiger partial charge < -0.3 is 14.6 Å². The average molecular weight is 327 g/mol. The minimum atomic E-state index is -0.267. The van der Waals surface area contributed by atoms with Crippen molar-refractivity contribution in [1.29, 1.82) is 0 Å². The first-order chi connectivity index (χ1) is 11.8. The van der Waals surface area contributed by atoms with E-state index in [1.54, 1.807) is 30.3 Å². The molecule has 1 amide bonds. The Morgan fingerprint density at radius 2 is 2.17 bits per heavy atom. The maximum absolute atomic E-state index is 12.1. The van der Waals surface area contributed by atoms with E-state index in [0.29, 0.717) is 18.8 Å². The molecule has 0 fully saturated rings. The molecular weight excluding hydrogens is 310 g/mol. The summed E-state index contributed by atoms with van der Waals surface area (Å²) < 4.78 is 12.1. The van der Waals surface area contributed by atoms with Crippen molar-refractivity contribution in [2.75, 3.05) is 13.7 Å². The summed E-state index contributed by atoms with van der Waals surface area (Å²) in [6, 6.07) is 8.95. The van der Waals surface area contributed by atoms with Gasteiger partial charge >= 0.3 is 0 Å². The van der Waals surface area contributed by atoms with Crippen LogP contribution in [0.25, 0.3) is 11.3 Å². The summed E-state index contributed by atoms with van der Waals surface area (Å²) in [5, 5.41) is 14.2. The molecule has 0 bridgehead atoms. The van der Waals surface area contributed by atoms with Crippen molar-refractivity contribution in [2.45, 2.75) is 13.0 Å². The minimum Gasteiger partial charge on any atom is -0.497 e. The highest BCUT2D eigenvalue weighted by atomic mass is 16.5. The van der Waals surface area contributed by atoms with Gasteiger partial charge in [0.05, 0.1) is 13.3 Å². The Labute approximate surface area is 138 Å². The number of amides is 1. The fourth-order valence-electron chi connectivity index (χ4n) is 2.16. The third-order valence-corrected chi connectivity index (χ3v) is 3.44. The molecule has 0 radical (unpaired) electrons. The van der Waals surface area contributed by atoms with Gasteiger partial charge in [-0.25, -0.2) is 0 Å². The molecule has 2 heterocycles. The van der Waals surface area contributed by atoms with Gasteiger partial charge in [-0.2, -0.15) is 0 Å². The summed E-state index contributed by atoms with van der Waals surface area (Å²) in [7, 11) is 1.61. The Kier molecular flexibility index (Phi) is 4.85. The van der Waals surface area contributed by atoms with Gasteiger partial charge in [0.25, 0.3) is 5.91 Å². The Morgan fingerprint density at radius 3 is 2.88 bits per heavy atom. The Morgan fingerprint density at radius 1 is 1.33 bits per heavy atom. The first kappa shape index (κ1) is 15.7. The molecule has 124 valence electrons. The van der Waals surface area contributed by atoms with Crippen LogP contribution in [0, 0.1) is 0 Å². The van der Waals surface area contributed by atoms with Crippen molar-refractivity contribution in [3.63, 3.8) is 0 Å². The molecule has 0 aliphatic carbocycles. The standard InChI is InChI=1S/C16H17N5O3/c1-23-13-5-3-12(4-6-13)15-11-14(19-24-15)16(22)17-7-2-9-21-10-8-18-20-21/h3-6,8,10-11H,2,7,9H2,1H3,(H,17,22). The van der Waals surface area contributed by atoms with E-state index in [1.165, 1.54) is 0 Å². The van der Waals surface area contributed by atoms with Crippen molar-refractivity contribution in [2.24, 2.45) is 0 Å². The Bertz CT molecular complexity index is 780. The van der Waals surface area contributed by atoms with Crippen molar-refractivity contribution >= 4 is 5.91 Å². The predicted molar refractivity (Wildman–Crippen MR) is 85.5 cm³/mol. The molecule has 1 N–H and O–H groups in total. The van der Waals surface area contributed by atoms with Crippen molar-refractivity contribution < 1.29 is 14.1 Å². The third kappa shape index (κ3) is 3.78. The molecule has 2 aromatic heterocycles. The van der Waals surface area contributed by atoms with Crippen molar-refractivity contribution in [3.8, 4) is 17.1 Å². The smallest absolute Gasteiger partial charge is 0.273 e. The lowest BCUT2D eigenvalue weighted by atomic mass is 10.1. The maximum Gasteiger partial charge on any atom is 0.273 e. The van der Waals surface area contributed by atoms with Crippen LogP contribution in [-0.2, 0) is 6.54 Å². The van der Waals surface area contributed by atoms with E-state index in [4.69, 9.17) is 9.26 Å². The number of aromatic nitrogens is 4. The molecule has 0 atom stereocenters. The molecule has 0 aliphatic rings. The van der Waals surface area contributed by atoms with Gasteiger partial charge in [0.1, 0.15) is 5.75 Å². The van der Waals surface area contributed by atoms with Crippen molar-refractivity contribution in [1.82, 2.24) is 25.5 Å². The molecular formula is C16H17N5O3. The van der Waals surface area contributed by atoms with Crippen LogP contribution in [0.1, 0.15) is 16.9 Å². The zero-order valence-corrected chi connectivity index (χ0v) is 13.2. The fraction of sp³-hybridized carbons (Fsp3) is 0.250. The molecule has 3 rings (SSSR count). The first-order valence-corrected chi connectivity index (χ1v) is 7.50. The summed E-state index contributed by atoms with van der Waals surface area (Å²) >= 11 is 0. The zero-order chi connectivity index (χ0) is 16.8. The molecule has 24 heavy (non-hydrogen) atoms. The second kappa shape index (κ2) is 7.40. The van der Waals surface area contributed by atoms with E-state index in [2.05, 4.69) is 20.8 Å². The molecule has 0 spiro atoms. The SMILES string of the molecule is COc1ccc(-c2cc(C(=O)NCCCn3ccnn3)no2)cc1. The number of nitrogens with zero attached hydrogens (tertiary/aromatic N) is 4. The van der Waals surface area contributed by atoms with Crippen LogP contribution in [-0.4, -0.2) is 39.7 Å². The zero-order valence-electron chi connectivity index (χ0n) is 13.2.